The van der Waals surface area contributed by atoms with Gasteiger partial charge in [0, 0.05) is 13.2 Å². The van der Waals surface area contributed by atoms with Crippen LogP contribution < -0.4 is 10.1 Å². The van der Waals surface area contributed by atoms with E-state index in [-0.39, 0.29) is 0 Å². The van der Waals surface area contributed by atoms with E-state index in [4.69, 9.17) is 9.47 Å². The molecule has 2 atom stereocenters. The van der Waals surface area contributed by atoms with Gasteiger partial charge in [-0.1, -0.05) is 25.0 Å². The Kier molecular flexibility index (Phi) is 5.67. The number of ether oxygens (including phenoxy) is 2. The van der Waals surface area contributed by atoms with E-state index in [0.717, 1.165) is 18.7 Å². The van der Waals surface area contributed by atoms with Gasteiger partial charge in [0.05, 0.1) is 13.2 Å². The Morgan fingerprint density at radius 2 is 2.05 bits per heavy atom. The van der Waals surface area contributed by atoms with Crippen molar-refractivity contribution in [2.75, 3.05) is 20.8 Å². The summed E-state index contributed by atoms with van der Waals surface area (Å²) in [5.41, 5.74) is 1.32. The minimum absolute atomic E-state index is 0.388. The maximum Gasteiger partial charge on any atom is 0.119 e. The predicted octanol–water partition coefficient (Wildman–Crippen LogP) is 2.78. The fourth-order valence-corrected chi connectivity index (χ4v) is 2.84. The van der Waals surface area contributed by atoms with Crippen molar-refractivity contribution >= 4 is 0 Å². The SMILES string of the molecule is COc1cccc(CCNC2CCCCC2OC)c1. The van der Waals surface area contributed by atoms with Gasteiger partial charge in [0.2, 0.25) is 0 Å². The third-order valence-electron chi connectivity index (χ3n) is 3.96. The Labute approximate surface area is 116 Å². The average Bonchev–Trinajstić information content (AvgIpc) is 2.48. The lowest BCUT2D eigenvalue weighted by Gasteiger charge is -2.31. The lowest BCUT2D eigenvalue weighted by molar-refractivity contribution is 0.0421. The van der Waals surface area contributed by atoms with Gasteiger partial charge in [-0.15, -0.1) is 0 Å². The van der Waals surface area contributed by atoms with Crippen molar-refractivity contribution in [3.63, 3.8) is 0 Å². The van der Waals surface area contributed by atoms with Gasteiger partial charge in [0.25, 0.3) is 0 Å². The van der Waals surface area contributed by atoms with Crippen LogP contribution >= 0.6 is 0 Å². The maximum atomic E-state index is 5.56. The highest BCUT2D eigenvalue weighted by molar-refractivity contribution is 5.28. The Bertz CT molecular complexity index is 381. The topological polar surface area (TPSA) is 30.5 Å². The minimum atomic E-state index is 0.388. The van der Waals surface area contributed by atoms with Gasteiger partial charge in [0.15, 0.2) is 0 Å². The zero-order valence-corrected chi connectivity index (χ0v) is 12.0. The van der Waals surface area contributed by atoms with Crippen LogP contribution in [0.5, 0.6) is 5.75 Å². The van der Waals surface area contributed by atoms with Crippen LogP contribution in [0.2, 0.25) is 0 Å². The van der Waals surface area contributed by atoms with E-state index >= 15 is 0 Å². The number of benzene rings is 1. The predicted molar refractivity (Wildman–Crippen MR) is 77.8 cm³/mol. The summed E-state index contributed by atoms with van der Waals surface area (Å²) in [6, 6.07) is 8.81. The lowest BCUT2D eigenvalue weighted by Crippen LogP contribution is -2.43. The summed E-state index contributed by atoms with van der Waals surface area (Å²) in [5, 5.41) is 3.64. The molecule has 1 aliphatic rings. The van der Waals surface area contributed by atoms with Crippen LogP contribution in [0.25, 0.3) is 0 Å². The van der Waals surface area contributed by atoms with Crippen molar-refractivity contribution < 1.29 is 9.47 Å². The summed E-state index contributed by atoms with van der Waals surface area (Å²) in [6.07, 6.45) is 6.45. The first-order valence-electron chi connectivity index (χ1n) is 7.22. The van der Waals surface area contributed by atoms with E-state index in [1.54, 1.807) is 7.11 Å². The fourth-order valence-electron chi connectivity index (χ4n) is 2.84. The molecule has 1 fully saturated rings. The summed E-state index contributed by atoms with van der Waals surface area (Å²) < 4.78 is 10.8. The third kappa shape index (κ3) is 4.22. The van der Waals surface area contributed by atoms with Crippen LogP contribution in [0.3, 0.4) is 0 Å². The first kappa shape index (κ1) is 14.4. The molecule has 1 aromatic rings. The molecule has 1 N–H and O–H groups in total. The molecule has 0 saturated heterocycles. The second-order valence-corrected chi connectivity index (χ2v) is 5.22. The van der Waals surface area contributed by atoms with Crippen molar-refractivity contribution in [1.29, 1.82) is 0 Å². The Hall–Kier alpha value is -1.06. The van der Waals surface area contributed by atoms with Gasteiger partial charge >= 0.3 is 0 Å². The van der Waals surface area contributed by atoms with Crippen LogP contribution in [0.15, 0.2) is 24.3 Å². The molecule has 0 aliphatic heterocycles. The van der Waals surface area contributed by atoms with Gasteiger partial charge in [-0.25, -0.2) is 0 Å². The van der Waals surface area contributed by atoms with Crippen LogP contribution in [-0.2, 0) is 11.2 Å². The Morgan fingerprint density at radius 3 is 2.84 bits per heavy atom. The van der Waals surface area contributed by atoms with Crippen LogP contribution in [-0.4, -0.2) is 32.9 Å². The van der Waals surface area contributed by atoms with Crippen molar-refractivity contribution in [1.82, 2.24) is 5.32 Å². The van der Waals surface area contributed by atoms with Gasteiger partial charge in [-0.3, -0.25) is 0 Å². The number of hydrogen-bond donors (Lipinski definition) is 1. The van der Waals surface area contributed by atoms with Crippen molar-refractivity contribution in [2.24, 2.45) is 0 Å². The normalized spacial score (nSPS) is 23.3. The van der Waals surface area contributed by atoms with E-state index in [1.807, 2.05) is 19.2 Å². The molecule has 0 amide bonds. The van der Waals surface area contributed by atoms with E-state index < -0.39 is 0 Å². The van der Waals surface area contributed by atoms with Gasteiger partial charge in [-0.05, 0) is 43.5 Å². The zero-order chi connectivity index (χ0) is 13.5. The van der Waals surface area contributed by atoms with E-state index in [1.165, 1.54) is 31.2 Å². The van der Waals surface area contributed by atoms with E-state index in [0.29, 0.717) is 12.1 Å². The highest BCUT2D eigenvalue weighted by Crippen LogP contribution is 2.20. The maximum absolute atomic E-state index is 5.56. The molecule has 0 bridgehead atoms. The van der Waals surface area contributed by atoms with Crippen molar-refractivity contribution in [3.05, 3.63) is 29.8 Å². The summed E-state index contributed by atoms with van der Waals surface area (Å²) in [6.45, 7) is 0.998. The van der Waals surface area contributed by atoms with E-state index in [2.05, 4.69) is 17.4 Å². The highest BCUT2D eigenvalue weighted by Gasteiger charge is 2.23. The average molecular weight is 263 g/mol. The number of hydrogen-bond acceptors (Lipinski definition) is 3. The number of rotatable bonds is 6. The molecular weight excluding hydrogens is 238 g/mol. The smallest absolute Gasteiger partial charge is 0.119 e. The first-order valence-corrected chi connectivity index (χ1v) is 7.22. The molecule has 0 spiro atoms. The third-order valence-corrected chi connectivity index (χ3v) is 3.96. The van der Waals surface area contributed by atoms with Gasteiger partial charge in [-0.2, -0.15) is 0 Å². The van der Waals surface area contributed by atoms with E-state index in [9.17, 15) is 0 Å². The standard InChI is InChI=1S/C16H25NO2/c1-18-14-7-5-6-13(12-14)10-11-17-15-8-3-4-9-16(15)19-2/h5-7,12,15-17H,3-4,8-11H2,1-2H3. The molecule has 1 aromatic carbocycles. The second-order valence-electron chi connectivity index (χ2n) is 5.22. The van der Waals surface area contributed by atoms with Crippen molar-refractivity contribution in [2.45, 2.75) is 44.2 Å². The molecular formula is C16H25NO2. The van der Waals surface area contributed by atoms with Crippen LogP contribution in [0.4, 0.5) is 0 Å². The fraction of sp³-hybridized carbons (Fsp3) is 0.625. The Balaban J connectivity index is 1.78. The van der Waals surface area contributed by atoms with Crippen LogP contribution in [0, 0.1) is 0 Å². The summed E-state index contributed by atoms with van der Waals surface area (Å²) in [5.74, 6) is 0.935. The number of methoxy groups -OCH3 is 2. The lowest BCUT2D eigenvalue weighted by atomic mass is 9.92. The van der Waals surface area contributed by atoms with Gasteiger partial charge < -0.3 is 14.8 Å². The molecule has 0 aromatic heterocycles. The molecule has 106 valence electrons. The molecule has 1 aliphatic carbocycles. The molecule has 3 nitrogen and oxygen atoms in total. The first-order chi connectivity index (χ1) is 9.33. The second kappa shape index (κ2) is 7.51. The molecule has 1 saturated carbocycles. The molecule has 0 radical (unpaired) electrons. The zero-order valence-electron chi connectivity index (χ0n) is 12.0. The molecule has 2 unspecified atom stereocenters. The summed E-state index contributed by atoms with van der Waals surface area (Å²) >= 11 is 0. The van der Waals surface area contributed by atoms with Crippen molar-refractivity contribution in [3.8, 4) is 5.75 Å². The molecule has 19 heavy (non-hydrogen) atoms. The van der Waals surface area contributed by atoms with Gasteiger partial charge in [0.1, 0.15) is 5.75 Å². The molecule has 3 heteroatoms. The number of nitrogens with one attached hydrogen (secondary N) is 1. The highest BCUT2D eigenvalue weighted by atomic mass is 16.5. The quantitative estimate of drug-likeness (QED) is 0.856. The molecule has 2 rings (SSSR count). The minimum Gasteiger partial charge on any atom is -0.497 e. The Morgan fingerprint density at radius 1 is 1.21 bits per heavy atom. The summed E-state index contributed by atoms with van der Waals surface area (Å²) in [7, 11) is 3.54. The molecule has 0 heterocycles. The summed E-state index contributed by atoms with van der Waals surface area (Å²) in [4.78, 5) is 0. The monoisotopic (exact) mass is 263 g/mol. The largest absolute Gasteiger partial charge is 0.497 e. The van der Waals surface area contributed by atoms with Crippen LogP contribution in [0.1, 0.15) is 31.2 Å².